The predicted octanol–water partition coefficient (Wildman–Crippen LogP) is 4.31. The molecule has 0 aliphatic carbocycles. The highest BCUT2D eigenvalue weighted by Crippen LogP contribution is 2.34. The van der Waals surface area contributed by atoms with Crippen LogP contribution in [0, 0.1) is 22.7 Å². The van der Waals surface area contributed by atoms with Crippen molar-refractivity contribution < 1.29 is 0 Å². The molecule has 0 heterocycles. The van der Waals surface area contributed by atoms with Gasteiger partial charge in [0.25, 0.3) is 0 Å². The Labute approximate surface area is 129 Å². The van der Waals surface area contributed by atoms with Gasteiger partial charge in [0, 0.05) is 11.9 Å². The molecule has 21 heavy (non-hydrogen) atoms. The van der Waals surface area contributed by atoms with Gasteiger partial charge in [0.05, 0.1) is 22.5 Å². The summed E-state index contributed by atoms with van der Waals surface area (Å²) in [6.07, 6.45) is 0. The van der Waals surface area contributed by atoms with Crippen molar-refractivity contribution >= 4 is 23.1 Å². The largest absolute Gasteiger partial charge is 0.342 e. The van der Waals surface area contributed by atoms with Crippen molar-refractivity contribution in [3.05, 3.63) is 53.6 Å². The van der Waals surface area contributed by atoms with E-state index in [9.17, 15) is 10.5 Å². The topological polar surface area (TPSA) is 50.8 Å². The highest BCUT2D eigenvalue weighted by molar-refractivity contribution is 7.99. The molecule has 2 aromatic rings. The lowest BCUT2D eigenvalue weighted by Crippen LogP contribution is -2.12. The zero-order valence-electron chi connectivity index (χ0n) is 12.0. The van der Waals surface area contributed by atoms with E-state index in [2.05, 4.69) is 19.1 Å². The fourth-order valence-electron chi connectivity index (χ4n) is 2.18. The molecule has 0 unspecified atom stereocenters. The molecular weight excluding hydrogens is 278 g/mol. The molecule has 4 heteroatoms. The summed E-state index contributed by atoms with van der Waals surface area (Å²) in [6, 6.07) is 17.7. The Kier molecular flexibility index (Phi) is 4.87. The molecule has 2 aromatic carbocycles. The first kappa shape index (κ1) is 15.0. The Bertz CT molecular complexity index is 726. The number of para-hydroxylation sites is 1. The molecule has 0 saturated carbocycles. The number of rotatable bonds is 4. The standard InChI is InChI=1S/C17H15N3S/c1-3-21-17-10-6-9-16(14(17)12-19)20(2)15-8-5-4-7-13(15)11-18/h4-10H,3H2,1-2H3. The quantitative estimate of drug-likeness (QED) is 0.788. The lowest BCUT2D eigenvalue weighted by molar-refractivity contribution is 1.17. The third kappa shape index (κ3) is 3.02. The Balaban J connectivity index is 2.54. The van der Waals surface area contributed by atoms with E-state index in [0.717, 1.165) is 22.0 Å². The molecule has 104 valence electrons. The third-order valence-electron chi connectivity index (χ3n) is 3.16. The molecule has 0 aromatic heterocycles. The van der Waals surface area contributed by atoms with Crippen LogP contribution in [0.5, 0.6) is 0 Å². The van der Waals surface area contributed by atoms with E-state index >= 15 is 0 Å². The number of benzene rings is 2. The molecule has 0 spiro atoms. The zero-order chi connectivity index (χ0) is 15.2. The summed E-state index contributed by atoms with van der Waals surface area (Å²) in [5.41, 5.74) is 2.87. The highest BCUT2D eigenvalue weighted by Gasteiger charge is 2.15. The van der Waals surface area contributed by atoms with E-state index < -0.39 is 0 Å². The maximum absolute atomic E-state index is 9.49. The normalized spacial score (nSPS) is 9.71. The molecule has 0 saturated heterocycles. The average Bonchev–Trinajstić information content (AvgIpc) is 2.54. The summed E-state index contributed by atoms with van der Waals surface area (Å²) in [4.78, 5) is 2.87. The van der Waals surface area contributed by atoms with Crippen LogP contribution in [-0.4, -0.2) is 12.8 Å². The fourth-order valence-corrected chi connectivity index (χ4v) is 2.96. The van der Waals surface area contributed by atoms with Crippen LogP contribution >= 0.6 is 11.8 Å². The van der Waals surface area contributed by atoms with Crippen LogP contribution in [0.15, 0.2) is 47.4 Å². The van der Waals surface area contributed by atoms with Crippen molar-refractivity contribution in [2.45, 2.75) is 11.8 Å². The van der Waals surface area contributed by atoms with Crippen LogP contribution in [0.25, 0.3) is 0 Å². The molecule has 3 nitrogen and oxygen atoms in total. The van der Waals surface area contributed by atoms with Gasteiger partial charge in [0.2, 0.25) is 0 Å². The second kappa shape index (κ2) is 6.83. The van der Waals surface area contributed by atoms with Crippen LogP contribution in [0.1, 0.15) is 18.1 Å². The van der Waals surface area contributed by atoms with Crippen molar-refractivity contribution in [3.8, 4) is 12.1 Å². The minimum atomic E-state index is 0.595. The van der Waals surface area contributed by atoms with Gasteiger partial charge in [-0.05, 0) is 30.0 Å². The van der Waals surface area contributed by atoms with Crippen LogP contribution in [0.3, 0.4) is 0 Å². The highest BCUT2D eigenvalue weighted by atomic mass is 32.2. The first-order valence-electron chi connectivity index (χ1n) is 6.61. The van der Waals surface area contributed by atoms with Gasteiger partial charge in [0.15, 0.2) is 0 Å². The Morgan fingerprint density at radius 3 is 2.38 bits per heavy atom. The number of nitrogens with zero attached hydrogens (tertiary/aromatic N) is 3. The summed E-state index contributed by atoms with van der Waals surface area (Å²) in [5, 5.41) is 18.7. The predicted molar refractivity (Wildman–Crippen MR) is 86.8 cm³/mol. The molecule has 0 radical (unpaired) electrons. The molecule has 0 aliphatic rings. The van der Waals surface area contributed by atoms with Gasteiger partial charge in [-0.15, -0.1) is 11.8 Å². The van der Waals surface area contributed by atoms with E-state index in [0.29, 0.717) is 11.1 Å². The minimum Gasteiger partial charge on any atom is -0.342 e. The number of hydrogen-bond acceptors (Lipinski definition) is 4. The van der Waals surface area contributed by atoms with Crippen molar-refractivity contribution in [1.82, 2.24) is 0 Å². The van der Waals surface area contributed by atoms with E-state index in [1.165, 1.54) is 0 Å². The summed E-state index contributed by atoms with van der Waals surface area (Å²) in [7, 11) is 1.88. The monoisotopic (exact) mass is 293 g/mol. The molecule has 0 bridgehead atoms. The SMILES string of the molecule is CCSc1cccc(N(C)c2ccccc2C#N)c1C#N. The smallest absolute Gasteiger partial charge is 0.103 e. The molecule has 0 atom stereocenters. The average molecular weight is 293 g/mol. The molecule has 0 fully saturated rings. The van der Waals surface area contributed by atoms with Gasteiger partial charge in [0.1, 0.15) is 12.1 Å². The Hall–Kier alpha value is -2.43. The summed E-state index contributed by atoms with van der Waals surface area (Å²) >= 11 is 1.65. The number of hydrogen-bond donors (Lipinski definition) is 0. The van der Waals surface area contributed by atoms with Gasteiger partial charge in [-0.25, -0.2) is 0 Å². The lowest BCUT2D eigenvalue weighted by Gasteiger charge is -2.22. The van der Waals surface area contributed by atoms with Crippen molar-refractivity contribution in [2.24, 2.45) is 0 Å². The van der Waals surface area contributed by atoms with E-state index in [1.54, 1.807) is 17.8 Å². The second-order valence-electron chi connectivity index (χ2n) is 4.38. The van der Waals surface area contributed by atoms with Gasteiger partial charge in [-0.3, -0.25) is 0 Å². The van der Waals surface area contributed by atoms with Crippen LogP contribution < -0.4 is 4.90 Å². The maximum Gasteiger partial charge on any atom is 0.103 e. The van der Waals surface area contributed by atoms with Gasteiger partial charge >= 0.3 is 0 Å². The zero-order valence-corrected chi connectivity index (χ0v) is 12.8. The lowest BCUT2D eigenvalue weighted by atomic mass is 10.1. The third-order valence-corrected chi connectivity index (χ3v) is 4.10. The number of thioether (sulfide) groups is 1. The Morgan fingerprint density at radius 1 is 1.00 bits per heavy atom. The van der Waals surface area contributed by atoms with E-state index in [-0.39, 0.29) is 0 Å². The second-order valence-corrected chi connectivity index (χ2v) is 5.69. The molecule has 0 aliphatic heterocycles. The summed E-state index contributed by atoms with van der Waals surface area (Å²) in [6.45, 7) is 2.06. The van der Waals surface area contributed by atoms with Crippen molar-refractivity contribution in [2.75, 3.05) is 17.7 Å². The van der Waals surface area contributed by atoms with Crippen LogP contribution in [-0.2, 0) is 0 Å². The van der Waals surface area contributed by atoms with Crippen molar-refractivity contribution in [3.63, 3.8) is 0 Å². The van der Waals surface area contributed by atoms with Gasteiger partial charge < -0.3 is 4.90 Å². The fraction of sp³-hybridized carbons (Fsp3) is 0.176. The molecule has 0 amide bonds. The van der Waals surface area contributed by atoms with E-state index in [4.69, 9.17) is 0 Å². The first-order valence-corrected chi connectivity index (χ1v) is 7.60. The minimum absolute atomic E-state index is 0.595. The maximum atomic E-state index is 9.49. The Morgan fingerprint density at radius 2 is 1.71 bits per heavy atom. The van der Waals surface area contributed by atoms with Gasteiger partial charge in [-0.2, -0.15) is 10.5 Å². The number of nitriles is 2. The first-order chi connectivity index (χ1) is 10.2. The molecular formula is C17H15N3S. The van der Waals surface area contributed by atoms with E-state index in [1.807, 2.05) is 48.3 Å². The number of anilines is 2. The van der Waals surface area contributed by atoms with Crippen molar-refractivity contribution in [1.29, 1.82) is 10.5 Å². The molecule has 2 rings (SSSR count). The van der Waals surface area contributed by atoms with Gasteiger partial charge in [-0.1, -0.05) is 25.1 Å². The van der Waals surface area contributed by atoms with Crippen LogP contribution in [0.2, 0.25) is 0 Å². The summed E-state index contributed by atoms with van der Waals surface area (Å²) < 4.78 is 0. The summed E-state index contributed by atoms with van der Waals surface area (Å²) in [5.74, 6) is 0.913. The van der Waals surface area contributed by atoms with Crippen LogP contribution in [0.4, 0.5) is 11.4 Å². The molecule has 0 N–H and O–H groups in total.